The van der Waals surface area contributed by atoms with E-state index in [4.69, 9.17) is 4.74 Å². The van der Waals surface area contributed by atoms with Gasteiger partial charge in [-0.2, -0.15) is 0 Å². The molecule has 162 valence electrons. The van der Waals surface area contributed by atoms with E-state index >= 15 is 0 Å². The Morgan fingerprint density at radius 3 is 2.03 bits per heavy atom. The van der Waals surface area contributed by atoms with Crippen LogP contribution in [0.2, 0.25) is 0 Å². The molecule has 4 aromatic rings. The molecule has 0 aliphatic heterocycles. The summed E-state index contributed by atoms with van der Waals surface area (Å²) in [5, 5.41) is 2.16. The van der Waals surface area contributed by atoms with Crippen LogP contribution in [0.3, 0.4) is 0 Å². The second-order valence-corrected chi connectivity index (χ2v) is 8.68. The fourth-order valence-electron chi connectivity index (χ4n) is 4.51. The molecule has 0 spiro atoms. The average Bonchev–Trinajstić information content (AvgIpc) is 2.88. The van der Waals surface area contributed by atoms with Crippen molar-refractivity contribution in [1.29, 1.82) is 0 Å². The summed E-state index contributed by atoms with van der Waals surface area (Å²) >= 11 is 0. The maximum absolute atomic E-state index is 12.5. The van der Waals surface area contributed by atoms with Gasteiger partial charge >= 0.3 is 5.97 Å². The molecular formula is C31H26O2. The van der Waals surface area contributed by atoms with Gasteiger partial charge in [0.05, 0.1) is 5.56 Å². The molecule has 1 aliphatic carbocycles. The normalized spacial score (nSPS) is 13.8. The van der Waals surface area contributed by atoms with Crippen molar-refractivity contribution in [2.24, 2.45) is 0 Å². The van der Waals surface area contributed by atoms with Gasteiger partial charge in [-0.05, 0) is 83.6 Å². The van der Waals surface area contributed by atoms with Crippen LogP contribution < -0.4 is 4.74 Å². The second kappa shape index (κ2) is 9.76. The molecule has 0 amide bonds. The van der Waals surface area contributed by atoms with E-state index in [0.29, 0.717) is 17.2 Å². The Balaban J connectivity index is 1.23. The molecule has 4 aromatic carbocycles. The number of fused-ring (bicyclic) bond motifs is 1. The highest BCUT2D eigenvalue weighted by molar-refractivity contribution is 5.92. The van der Waals surface area contributed by atoms with Crippen LogP contribution in [0.4, 0.5) is 0 Å². The van der Waals surface area contributed by atoms with Crippen molar-refractivity contribution in [1.82, 2.24) is 0 Å². The molecular weight excluding hydrogens is 404 g/mol. The summed E-state index contributed by atoms with van der Waals surface area (Å²) in [6.45, 7) is 0. The number of hydrogen-bond acceptors (Lipinski definition) is 2. The summed E-state index contributed by atoms with van der Waals surface area (Å²) in [6, 6.07) is 29.6. The fourth-order valence-corrected chi connectivity index (χ4v) is 4.51. The number of carbonyl (C=O) groups is 1. The summed E-state index contributed by atoms with van der Waals surface area (Å²) in [4.78, 5) is 12.5. The van der Waals surface area contributed by atoms with Gasteiger partial charge in [-0.15, -0.1) is 0 Å². The van der Waals surface area contributed by atoms with E-state index in [2.05, 4.69) is 36.1 Å². The lowest BCUT2D eigenvalue weighted by molar-refractivity contribution is 0.0735. The minimum absolute atomic E-state index is 0.372. The van der Waals surface area contributed by atoms with Crippen LogP contribution in [0.5, 0.6) is 5.75 Å². The Labute approximate surface area is 195 Å². The van der Waals surface area contributed by atoms with Crippen LogP contribution in [-0.4, -0.2) is 5.97 Å². The predicted molar refractivity (Wildman–Crippen MR) is 134 cm³/mol. The quantitative estimate of drug-likeness (QED) is 0.191. The predicted octanol–water partition coefficient (Wildman–Crippen LogP) is 7.51. The maximum Gasteiger partial charge on any atom is 0.343 e. The third kappa shape index (κ3) is 5.16. The molecule has 0 bridgehead atoms. The van der Waals surface area contributed by atoms with Crippen LogP contribution in [-0.2, 0) is 0 Å². The molecule has 2 heteroatoms. The molecule has 0 unspecified atom stereocenters. The van der Waals surface area contributed by atoms with E-state index in [-0.39, 0.29) is 5.97 Å². The van der Waals surface area contributed by atoms with Crippen molar-refractivity contribution in [2.45, 2.75) is 38.0 Å². The second-order valence-electron chi connectivity index (χ2n) is 8.68. The van der Waals surface area contributed by atoms with E-state index in [9.17, 15) is 4.79 Å². The Bertz CT molecular complexity index is 1320. The van der Waals surface area contributed by atoms with Gasteiger partial charge in [-0.3, -0.25) is 0 Å². The lowest BCUT2D eigenvalue weighted by Gasteiger charge is -2.21. The summed E-state index contributed by atoms with van der Waals surface area (Å²) in [6.07, 6.45) is 6.68. The zero-order valence-electron chi connectivity index (χ0n) is 18.6. The van der Waals surface area contributed by atoms with E-state index in [1.54, 1.807) is 12.1 Å². The standard InChI is InChI=1S/C31H26O2/c32-31(33-30-21-20-26-8-4-5-9-29(26)22-30)28-18-14-24(15-19-28)11-10-23-12-16-27(17-13-23)25-6-2-1-3-7-25/h4-5,8-9,12-22,25H,1-3,6-7H2. The molecule has 0 radical (unpaired) electrons. The summed E-state index contributed by atoms with van der Waals surface area (Å²) < 4.78 is 5.56. The van der Waals surface area contributed by atoms with Crippen molar-refractivity contribution >= 4 is 16.7 Å². The number of rotatable bonds is 3. The zero-order chi connectivity index (χ0) is 22.5. The highest BCUT2D eigenvalue weighted by Crippen LogP contribution is 2.32. The first-order chi connectivity index (χ1) is 16.2. The molecule has 0 aromatic heterocycles. The SMILES string of the molecule is O=C(Oc1ccc2ccccc2c1)c1ccc(C#Cc2ccc(C3CCCCC3)cc2)cc1. The molecule has 2 nitrogen and oxygen atoms in total. The molecule has 1 aliphatic rings. The van der Waals surface area contributed by atoms with Crippen molar-refractivity contribution in [3.63, 3.8) is 0 Å². The van der Waals surface area contributed by atoms with E-state index < -0.39 is 0 Å². The number of hydrogen-bond donors (Lipinski definition) is 0. The van der Waals surface area contributed by atoms with Crippen molar-refractivity contribution < 1.29 is 9.53 Å². The van der Waals surface area contributed by atoms with Gasteiger partial charge in [-0.1, -0.05) is 73.6 Å². The molecule has 1 fully saturated rings. The molecule has 0 atom stereocenters. The molecule has 0 N–H and O–H groups in total. The minimum atomic E-state index is -0.372. The number of ether oxygens (including phenoxy) is 1. The fraction of sp³-hybridized carbons (Fsp3) is 0.194. The van der Waals surface area contributed by atoms with Crippen molar-refractivity contribution in [3.8, 4) is 17.6 Å². The van der Waals surface area contributed by atoms with Crippen molar-refractivity contribution in [3.05, 3.63) is 113 Å². The Morgan fingerprint density at radius 1 is 0.697 bits per heavy atom. The van der Waals surface area contributed by atoms with E-state index in [0.717, 1.165) is 21.9 Å². The van der Waals surface area contributed by atoms with Gasteiger partial charge in [-0.25, -0.2) is 4.79 Å². The van der Waals surface area contributed by atoms with Crippen LogP contribution in [0.1, 0.15) is 65.1 Å². The van der Waals surface area contributed by atoms with Crippen LogP contribution in [0.15, 0.2) is 91.0 Å². The number of carbonyl (C=O) groups excluding carboxylic acids is 1. The highest BCUT2D eigenvalue weighted by atomic mass is 16.5. The molecule has 1 saturated carbocycles. The van der Waals surface area contributed by atoms with Crippen LogP contribution in [0.25, 0.3) is 10.8 Å². The minimum Gasteiger partial charge on any atom is -0.423 e. The maximum atomic E-state index is 12.5. The topological polar surface area (TPSA) is 26.3 Å². The van der Waals surface area contributed by atoms with Crippen LogP contribution in [0, 0.1) is 11.8 Å². The van der Waals surface area contributed by atoms with Gasteiger partial charge in [0.15, 0.2) is 0 Å². The van der Waals surface area contributed by atoms with Gasteiger partial charge < -0.3 is 4.74 Å². The first-order valence-corrected chi connectivity index (χ1v) is 11.7. The van der Waals surface area contributed by atoms with Gasteiger partial charge in [0.1, 0.15) is 5.75 Å². The van der Waals surface area contributed by atoms with Gasteiger partial charge in [0.25, 0.3) is 0 Å². The van der Waals surface area contributed by atoms with Crippen LogP contribution >= 0.6 is 0 Å². The number of benzene rings is 4. The lowest BCUT2D eigenvalue weighted by atomic mass is 9.84. The van der Waals surface area contributed by atoms with Gasteiger partial charge in [0, 0.05) is 11.1 Å². The molecule has 0 heterocycles. The first kappa shape index (κ1) is 21.0. The highest BCUT2D eigenvalue weighted by Gasteiger charge is 2.15. The first-order valence-electron chi connectivity index (χ1n) is 11.7. The Hall–Kier alpha value is -3.83. The third-order valence-electron chi connectivity index (χ3n) is 6.39. The summed E-state index contributed by atoms with van der Waals surface area (Å²) in [5.41, 5.74) is 3.82. The van der Waals surface area contributed by atoms with E-state index in [1.807, 2.05) is 54.6 Å². The van der Waals surface area contributed by atoms with Gasteiger partial charge in [0.2, 0.25) is 0 Å². The molecule has 5 rings (SSSR count). The number of esters is 1. The molecule has 0 saturated heterocycles. The summed E-state index contributed by atoms with van der Waals surface area (Å²) in [7, 11) is 0. The third-order valence-corrected chi connectivity index (χ3v) is 6.39. The zero-order valence-corrected chi connectivity index (χ0v) is 18.6. The lowest BCUT2D eigenvalue weighted by Crippen LogP contribution is -2.08. The summed E-state index contributed by atoms with van der Waals surface area (Å²) in [5.74, 6) is 7.30. The Kier molecular flexibility index (Phi) is 6.22. The Morgan fingerprint density at radius 2 is 1.33 bits per heavy atom. The smallest absolute Gasteiger partial charge is 0.343 e. The monoisotopic (exact) mass is 430 g/mol. The van der Waals surface area contributed by atoms with Crippen molar-refractivity contribution in [2.75, 3.05) is 0 Å². The largest absolute Gasteiger partial charge is 0.423 e. The van der Waals surface area contributed by atoms with E-state index in [1.165, 1.54) is 37.7 Å². The molecule has 33 heavy (non-hydrogen) atoms. The average molecular weight is 431 g/mol.